The third-order valence-electron chi connectivity index (χ3n) is 3.85. The lowest BCUT2D eigenvalue weighted by Gasteiger charge is -2.11. The van der Waals surface area contributed by atoms with Gasteiger partial charge in [0.05, 0.1) is 10.4 Å². The third kappa shape index (κ3) is 3.33. The molecular formula is C18H13N7O2. The summed E-state index contributed by atoms with van der Waals surface area (Å²) < 4.78 is 0. The van der Waals surface area contributed by atoms with Gasteiger partial charge in [0.1, 0.15) is 6.33 Å². The molecule has 132 valence electrons. The second kappa shape index (κ2) is 7.00. The third-order valence-corrected chi connectivity index (χ3v) is 3.85. The Labute approximate surface area is 153 Å². The standard InChI is InChI=1S/C18H13N7O2/c26-25(27)16-17(23-12-6-9-19-10-7-12)21-11-22-18(16)24-15-5-1-4-14-13(15)3-2-8-20-14/h1-11H,(H2,19,21,22,23,24). The van der Waals surface area contributed by atoms with Gasteiger partial charge in [0.15, 0.2) is 0 Å². The van der Waals surface area contributed by atoms with Crippen LogP contribution in [0.4, 0.5) is 28.7 Å². The molecule has 0 radical (unpaired) electrons. The van der Waals surface area contributed by atoms with Crippen LogP contribution in [0.1, 0.15) is 0 Å². The number of aromatic nitrogens is 4. The van der Waals surface area contributed by atoms with Gasteiger partial charge in [-0.2, -0.15) is 0 Å². The Kier molecular flexibility index (Phi) is 4.24. The van der Waals surface area contributed by atoms with E-state index in [0.29, 0.717) is 11.4 Å². The summed E-state index contributed by atoms with van der Waals surface area (Å²) in [5.74, 6) is 0.171. The van der Waals surface area contributed by atoms with Gasteiger partial charge in [-0.05, 0) is 36.4 Å². The number of nitrogens with one attached hydrogen (secondary N) is 2. The topological polar surface area (TPSA) is 119 Å². The highest BCUT2D eigenvalue weighted by Gasteiger charge is 2.23. The summed E-state index contributed by atoms with van der Waals surface area (Å²) in [4.78, 5) is 27.5. The molecule has 0 aliphatic carbocycles. The molecule has 0 aliphatic rings. The number of pyridine rings is 2. The van der Waals surface area contributed by atoms with Gasteiger partial charge in [-0.1, -0.05) is 6.07 Å². The molecule has 3 aromatic heterocycles. The van der Waals surface area contributed by atoms with Gasteiger partial charge in [0, 0.05) is 35.4 Å². The lowest BCUT2D eigenvalue weighted by Crippen LogP contribution is -2.05. The number of fused-ring (bicyclic) bond motifs is 1. The van der Waals surface area contributed by atoms with Crippen LogP contribution in [0.5, 0.6) is 0 Å². The molecule has 0 spiro atoms. The highest BCUT2D eigenvalue weighted by molar-refractivity contribution is 5.93. The Morgan fingerprint density at radius 3 is 2.41 bits per heavy atom. The first kappa shape index (κ1) is 16.3. The molecule has 0 bridgehead atoms. The molecule has 4 rings (SSSR count). The molecule has 0 unspecified atom stereocenters. The van der Waals surface area contributed by atoms with Gasteiger partial charge in [-0.25, -0.2) is 9.97 Å². The fourth-order valence-electron chi connectivity index (χ4n) is 2.65. The molecule has 9 nitrogen and oxygen atoms in total. The van der Waals surface area contributed by atoms with Crippen molar-refractivity contribution >= 4 is 39.6 Å². The van der Waals surface area contributed by atoms with Crippen molar-refractivity contribution in [2.75, 3.05) is 10.6 Å². The number of anilines is 4. The van der Waals surface area contributed by atoms with E-state index in [2.05, 4.69) is 30.6 Å². The van der Waals surface area contributed by atoms with E-state index in [1.807, 2.05) is 24.3 Å². The molecule has 0 saturated heterocycles. The fraction of sp³-hybridized carbons (Fsp3) is 0. The highest BCUT2D eigenvalue weighted by atomic mass is 16.6. The average molecular weight is 359 g/mol. The monoisotopic (exact) mass is 359 g/mol. The summed E-state index contributed by atoms with van der Waals surface area (Å²) in [7, 11) is 0. The number of hydrogen-bond acceptors (Lipinski definition) is 8. The van der Waals surface area contributed by atoms with Crippen LogP contribution in [0.2, 0.25) is 0 Å². The molecule has 0 saturated carbocycles. The molecule has 0 aliphatic heterocycles. The second-order valence-corrected chi connectivity index (χ2v) is 5.54. The maximum absolute atomic E-state index is 11.7. The van der Waals surface area contributed by atoms with Crippen LogP contribution in [0.3, 0.4) is 0 Å². The Hall–Kier alpha value is -4.14. The molecule has 3 heterocycles. The summed E-state index contributed by atoms with van der Waals surface area (Å²) in [5, 5.41) is 18.5. The van der Waals surface area contributed by atoms with Gasteiger partial charge >= 0.3 is 5.69 Å². The average Bonchev–Trinajstić information content (AvgIpc) is 2.69. The molecule has 0 fully saturated rings. The van der Waals surface area contributed by atoms with E-state index in [1.165, 1.54) is 6.33 Å². The predicted molar refractivity (Wildman–Crippen MR) is 101 cm³/mol. The minimum atomic E-state index is -0.519. The largest absolute Gasteiger partial charge is 0.353 e. The van der Waals surface area contributed by atoms with Crippen molar-refractivity contribution in [3.05, 3.63) is 77.5 Å². The summed E-state index contributed by atoms with van der Waals surface area (Å²) in [6.07, 6.45) is 6.12. The predicted octanol–water partition coefficient (Wildman–Crippen LogP) is 3.82. The van der Waals surface area contributed by atoms with E-state index in [1.54, 1.807) is 36.8 Å². The minimum absolute atomic E-state index is 0.0852. The SMILES string of the molecule is O=[N+]([O-])c1c(Nc2ccncc2)ncnc1Nc1cccc2ncccc12. The highest BCUT2D eigenvalue weighted by Crippen LogP contribution is 2.34. The fourth-order valence-corrected chi connectivity index (χ4v) is 2.65. The van der Waals surface area contributed by atoms with Crippen molar-refractivity contribution in [3.8, 4) is 0 Å². The Bertz CT molecular complexity index is 1110. The van der Waals surface area contributed by atoms with E-state index in [-0.39, 0.29) is 17.3 Å². The van der Waals surface area contributed by atoms with Crippen LogP contribution in [0, 0.1) is 10.1 Å². The molecule has 4 aromatic rings. The normalized spacial score (nSPS) is 10.5. The molecule has 27 heavy (non-hydrogen) atoms. The number of nitro groups is 1. The van der Waals surface area contributed by atoms with Crippen molar-refractivity contribution in [1.29, 1.82) is 0 Å². The van der Waals surface area contributed by atoms with Crippen molar-refractivity contribution in [2.45, 2.75) is 0 Å². The van der Waals surface area contributed by atoms with Crippen molar-refractivity contribution in [3.63, 3.8) is 0 Å². The lowest BCUT2D eigenvalue weighted by atomic mass is 10.2. The van der Waals surface area contributed by atoms with Gasteiger partial charge in [-0.3, -0.25) is 20.1 Å². The summed E-state index contributed by atoms with van der Waals surface area (Å²) in [5.41, 5.74) is 1.81. The van der Waals surface area contributed by atoms with E-state index in [9.17, 15) is 10.1 Å². The number of nitrogens with zero attached hydrogens (tertiary/aromatic N) is 5. The van der Waals surface area contributed by atoms with E-state index in [0.717, 1.165) is 10.9 Å². The molecular weight excluding hydrogens is 346 g/mol. The second-order valence-electron chi connectivity index (χ2n) is 5.54. The number of hydrogen-bond donors (Lipinski definition) is 2. The van der Waals surface area contributed by atoms with Crippen LogP contribution in [-0.2, 0) is 0 Å². The Balaban J connectivity index is 1.76. The zero-order valence-electron chi connectivity index (χ0n) is 13.9. The molecule has 9 heteroatoms. The van der Waals surface area contributed by atoms with Gasteiger partial charge in [-0.15, -0.1) is 0 Å². The first-order valence-electron chi connectivity index (χ1n) is 7.99. The first-order chi connectivity index (χ1) is 13.2. The van der Waals surface area contributed by atoms with E-state index in [4.69, 9.17) is 0 Å². The Morgan fingerprint density at radius 1 is 0.852 bits per heavy atom. The van der Waals surface area contributed by atoms with Crippen LogP contribution in [-0.4, -0.2) is 24.9 Å². The first-order valence-corrected chi connectivity index (χ1v) is 7.99. The summed E-state index contributed by atoms with van der Waals surface area (Å²) in [6, 6.07) is 12.6. The van der Waals surface area contributed by atoms with Gasteiger partial charge in [0.25, 0.3) is 0 Å². The summed E-state index contributed by atoms with van der Waals surface area (Å²) >= 11 is 0. The van der Waals surface area contributed by atoms with Crippen molar-refractivity contribution in [1.82, 2.24) is 19.9 Å². The molecule has 1 aromatic carbocycles. The zero-order valence-corrected chi connectivity index (χ0v) is 13.9. The number of rotatable bonds is 5. The maximum Gasteiger partial charge on any atom is 0.353 e. The van der Waals surface area contributed by atoms with Crippen molar-refractivity contribution < 1.29 is 4.92 Å². The lowest BCUT2D eigenvalue weighted by molar-refractivity contribution is -0.383. The molecule has 2 N–H and O–H groups in total. The van der Waals surface area contributed by atoms with Gasteiger partial charge in [0.2, 0.25) is 11.6 Å². The van der Waals surface area contributed by atoms with Crippen LogP contribution in [0.15, 0.2) is 67.4 Å². The van der Waals surface area contributed by atoms with E-state index >= 15 is 0 Å². The van der Waals surface area contributed by atoms with Crippen LogP contribution >= 0.6 is 0 Å². The quantitative estimate of drug-likeness (QED) is 0.408. The van der Waals surface area contributed by atoms with Gasteiger partial charge < -0.3 is 10.6 Å². The van der Waals surface area contributed by atoms with Crippen LogP contribution < -0.4 is 10.6 Å². The maximum atomic E-state index is 11.7. The van der Waals surface area contributed by atoms with Crippen LogP contribution in [0.25, 0.3) is 10.9 Å². The van der Waals surface area contributed by atoms with E-state index < -0.39 is 4.92 Å². The number of benzene rings is 1. The molecule has 0 amide bonds. The summed E-state index contributed by atoms with van der Waals surface area (Å²) in [6.45, 7) is 0. The molecule has 0 atom stereocenters. The van der Waals surface area contributed by atoms with Crippen molar-refractivity contribution in [2.24, 2.45) is 0 Å². The smallest absolute Gasteiger partial charge is 0.334 e. The minimum Gasteiger partial charge on any atom is -0.334 e. The zero-order chi connectivity index (χ0) is 18.6. The Morgan fingerprint density at radius 2 is 1.63 bits per heavy atom.